The summed E-state index contributed by atoms with van der Waals surface area (Å²) >= 11 is 0. The molecular formula is C15H30N2. The van der Waals surface area contributed by atoms with Gasteiger partial charge in [-0.25, -0.2) is 0 Å². The van der Waals surface area contributed by atoms with Crippen LogP contribution in [0, 0.1) is 11.8 Å². The summed E-state index contributed by atoms with van der Waals surface area (Å²) in [6.07, 6.45) is 7.08. The van der Waals surface area contributed by atoms with Gasteiger partial charge in [-0.1, -0.05) is 27.2 Å². The van der Waals surface area contributed by atoms with Crippen molar-refractivity contribution >= 4 is 0 Å². The lowest BCUT2D eigenvalue weighted by Crippen LogP contribution is -2.50. The monoisotopic (exact) mass is 238 g/mol. The van der Waals surface area contributed by atoms with Crippen LogP contribution in [0.4, 0.5) is 0 Å². The smallest absolute Gasteiger partial charge is 0.0249 e. The zero-order chi connectivity index (χ0) is 12.3. The second-order valence-electron chi connectivity index (χ2n) is 6.28. The number of hydrogen-bond donors (Lipinski definition) is 1. The van der Waals surface area contributed by atoms with Crippen molar-refractivity contribution in [3.05, 3.63) is 0 Å². The molecule has 0 aromatic carbocycles. The van der Waals surface area contributed by atoms with Crippen LogP contribution in [0.25, 0.3) is 0 Å². The molecule has 2 nitrogen and oxygen atoms in total. The second-order valence-corrected chi connectivity index (χ2v) is 6.28. The maximum atomic E-state index is 3.68. The van der Waals surface area contributed by atoms with Crippen molar-refractivity contribution in [3.63, 3.8) is 0 Å². The average molecular weight is 238 g/mol. The van der Waals surface area contributed by atoms with E-state index in [1.807, 2.05) is 0 Å². The lowest BCUT2D eigenvalue weighted by atomic mass is 9.86. The zero-order valence-electron chi connectivity index (χ0n) is 11.9. The van der Waals surface area contributed by atoms with Crippen molar-refractivity contribution in [2.75, 3.05) is 19.6 Å². The molecule has 1 aliphatic carbocycles. The second kappa shape index (κ2) is 6.19. The van der Waals surface area contributed by atoms with Gasteiger partial charge in [-0.15, -0.1) is 0 Å². The Morgan fingerprint density at radius 3 is 2.41 bits per heavy atom. The molecule has 2 aliphatic rings. The average Bonchev–Trinajstić information content (AvgIpc) is 2.78. The van der Waals surface area contributed by atoms with Gasteiger partial charge < -0.3 is 5.32 Å². The first-order valence-corrected chi connectivity index (χ1v) is 7.69. The van der Waals surface area contributed by atoms with Crippen LogP contribution < -0.4 is 5.32 Å². The quantitative estimate of drug-likeness (QED) is 0.810. The summed E-state index contributed by atoms with van der Waals surface area (Å²) in [5, 5.41) is 3.68. The van der Waals surface area contributed by atoms with Crippen LogP contribution in [0.15, 0.2) is 0 Å². The van der Waals surface area contributed by atoms with Crippen LogP contribution >= 0.6 is 0 Å². The van der Waals surface area contributed by atoms with Crippen LogP contribution in [-0.4, -0.2) is 36.6 Å². The maximum Gasteiger partial charge on any atom is 0.0249 e. The molecule has 0 bridgehead atoms. The number of hydrogen-bond acceptors (Lipinski definition) is 2. The molecule has 0 spiro atoms. The van der Waals surface area contributed by atoms with E-state index in [1.165, 1.54) is 45.2 Å². The number of likely N-dealkylation sites (N-methyl/N-ethyl adjacent to an activating group) is 1. The van der Waals surface area contributed by atoms with E-state index in [1.54, 1.807) is 0 Å². The summed E-state index contributed by atoms with van der Waals surface area (Å²) in [6, 6.07) is 1.61. The van der Waals surface area contributed by atoms with Crippen LogP contribution in [-0.2, 0) is 0 Å². The van der Waals surface area contributed by atoms with Gasteiger partial charge in [0.1, 0.15) is 0 Å². The number of rotatable bonds is 4. The van der Waals surface area contributed by atoms with E-state index in [2.05, 4.69) is 31.0 Å². The molecule has 100 valence electrons. The molecule has 0 amide bonds. The Labute approximate surface area is 107 Å². The minimum atomic E-state index is 0.774. The summed E-state index contributed by atoms with van der Waals surface area (Å²) < 4.78 is 0. The van der Waals surface area contributed by atoms with Crippen LogP contribution in [0.3, 0.4) is 0 Å². The minimum Gasteiger partial charge on any atom is -0.313 e. The highest BCUT2D eigenvalue weighted by Gasteiger charge is 2.33. The summed E-state index contributed by atoms with van der Waals surface area (Å²) in [4.78, 5) is 2.78. The van der Waals surface area contributed by atoms with E-state index < -0.39 is 0 Å². The maximum absolute atomic E-state index is 3.68. The molecule has 2 atom stereocenters. The van der Waals surface area contributed by atoms with Crippen LogP contribution in [0.5, 0.6) is 0 Å². The normalized spacial score (nSPS) is 32.5. The summed E-state index contributed by atoms with van der Waals surface area (Å²) in [6.45, 7) is 10.8. The Hall–Kier alpha value is -0.0800. The molecule has 0 aromatic rings. The van der Waals surface area contributed by atoms with Crippen molar-refractivity contribution in [1.29, 1.82) is 0 Å². The Balaban J connectivity index is 1.83. The van der Waals surface area contributed by atoms with E-state index in [-0.39, 0.29) is 0 Å². The SMILES string of the molecule is CCNC1CCCC1N1CCC(C(C)C)CC1. The van der Waals surface area contributed by atoms with Crippen molar-refractivity contribution in [3.8, 4) is 0 Å². The highest BCUT2D eigenvalue weighted by Crippen LogP contribution is 2.30. The molecule has 1 saturated heterocycles. The van der Waals surface area contributed by atoms with Crippen molar-refractivity contribution in [2.45, 2.75) is 65.0 Å². The Kier molecular flexibility index (Phi) is 4.87. The third-order valence-electron chi connectivity index (χ3n) is 4.93. The standard InChI is InChI=1S/C15H30N2/c1-4-16-14-6-5-7-15(14)17-10-8-13(9-11-17)12(2)3/h12-16H,4-11H2,1-3H3. The van der Waals surface area contributed by atoms with Crippen LogP contribution in [0.1, 0.15) is 52.9 Å². The molecule has 17 heavy (non-hydrogen) atoms. The first kappa shape index (κ1) is 13.4. The third kappa shape index (κ3) is 3.23. The molecular weight excluding hydrogens is 208 g/mol. The predicted molar refractivity (Wildman–Crippen MR) is 74.2 cm³/mol. The van der Waals surface area contributed by atoms with Gasteiger partial charge in [0, 0.05) is 12.1 Å². The van der Waals surface area contributed by atoms with Gasteiger partial charge in [-0.05, 0) is 57.2 Å². The molecule has 0 aromatic heterocycles. The third-order valence-corrected chi connectivity index (χ3v) is 4.93. The number of nitrogens with one attached hydrogen (secondary N) is 1. The van der Waals surface area contributed by atoms with E-state index in [0.717, 1.165) is 30.5 Å². The Bertz CT molecular complexity index is 219. The predicted octanol–water partition coefficient (Wildman–Crippen LogP) is 2.89. The fourth-order valence-electron chi connectivity index (χ4n) is 3.80. The highest BCUT2D eigenvalue weighted by molar-refractivity contribution is 4.92. The number of likely N-dealkylation sites (tertiary alicyclic amines) is 1. The molecule has 0 radical (unpaired) electrons. The first-order valence-electron chi connectivity index (χ1n) is 7.69. The lowest BCUT2D eigenvalue weighted by molar-refractivity contribution is 0.103. The molecule has 2 heteroatoms. The summed E-state index contributed by atoms with van der Waals surface area (Å²) in [5.41, 5.74) is 0. The number of nitrogens with zero attached hydrogens (tertiary/aromatic N) is 1. The zero-order valence-corrected chi connectivity index (χ0v) is 11.9. The molecule has 1 heterocycles. The molecule has 2 rings (SSSR count). The van der Waals surface area contributed by atoms with Crippen molar-refractivity contribution < 1.29 is 0 Å². The van der Waals surface area contributed by atoms with Gasteiger partial charge in [0.2, 0.25) is 0 Å². The van der Waals surface area contributed by atoms with Gasteiger partial charge in [0.25, 0.3) is 0 Å². The van der Waals surface area contributed by atoms with Gasteiger partial charge in [0.05, 0.1) is 0 Å². The molecule has 2 fully saturated rings. The largest absolute Gasteiger partial charge is 0.313 e. The molecule has 1 aliphatic heterocycles. The fourth-order valence-corrected chi connectivity index (χ4v) is 3.80. The number of piperidine rings is 1. The summed E-state index contributed by atoms with van der Waals surface area (Å²) in [5.74, 6) is 1.86. The minimum absolute atomic E-state index is 0.774. The first-order chi connectivity index (χ1) is 8.22. The van der Waals surface area contributed by atoms with Gasteiger partial charge >= 0.3 is 0 Å². The van der Waals surface area contributed by atoms with Gasteiger partial charge in [-0.3, -0.25) is 4.90 Å². The van der Waals surface area contributed by atoms with E-state index in [0.29, 0.717) is 0 Å². The van der Waals surface area contributed by atoms with Crippen LogP contribution in [0.2, 0.25) is 0 Å². The van der Waals surface area contributed by atoms with E-state index in [4.69, 9.17) is 0 Å². The van der Waals surface area contributed by atoms with Gasteiger partial charge in [-0.2, -0.15) is 0 Å². The van der Waals surface area contributed by atoms with Crippen molar-refractivity contribution in [2.24, 2.45) is 11.8 Å². The molecule has 2 unspecified atom stereocenters. The summed E-state index contributed by atoms with van der Waals surface area (Å²) in [7, 11) is 0. The Morgan fingerprint density at radius 1 is 1.12 bits per heavy atom. The van der Waals surface area contributed by atoms with Crippen molar-refractivity contribution in [1.82, 2.24) is 10.2 Å². The lowest BCUT2D eigenvalue weighted by Gasteiger charge is -2.39. The highest BCUT2D eigenvalue weighted by atomic mass is 15.2. The van der Waals surface area contributed by atoms with Gasteiger partial charge in [0.15, 0.2) is 0 Å². The molecule has 1 saturated carbocycles. The Morgan fingerprint density at radius 2 is 1.82 bits per heavy atom. The fraction of sp³-hybridized carbons (Fsp3) is 1.00. The van der Waals surface area contributed by atoms with E-state index in [9.17, 15) is 0 Å². The topological polar surface area (TPSA) is 15.3 Å². The molecule has 1 N–H and O–H groups in total. The van der Waals surface area contributed by atoms with E-state index >= 15 is 0 Å².